The molecule has 0 bridgehead atoms. The molecule has 1 atom stereocenters. The van der Waals surface area contributed by atoms with E-state index < -0.39 is 40.4 Å². The minimum atomic E-state index is -2.12. The number of hydrogen-bond acceptors (Lipinski definition) is 2. The van der Waals surface area contributed by atoms with Crippen LogP contribution in [-0.4, -0.2) is 20.0 Å². The molecule has 0 N–H and O–H groups in total. The zero-order valence-electron chi connectivity index (χ0n) is 19.3. The molecular formula is C24H37F5O2. The molecule has 1 aromatic carbocycles. The van der Waals surface area contributed by atoms with Gasteiger partial charge in [0.15, 0.2) is 29.1 Å². The Kier molecular flexibility index (Phi) is 12.6. The molecule has 0 aliphatic heterocycles. The maximum atomic E-state index is 13.8. The Hall–Kier alpha value is -1.21. The number of methoxy groups -OCH3 is 2. The summed E-state index contributed by atoms with van der Waals surface area (Å²) in [6.45, 7) is 4.09. The van der Waals surface area contributed by atoms with Gasteiger partial charge >= 0.3 is 0 Å². The Bertz CT molecular complexity index is 633. The predicted molar refractivity (Wildman–Crippen MR) is 112 cm³/mol. The average Bonchev–Trinajstić information content (AvgIpc) is 2.78. The maximum absolute atomic E-state index is 13.8. The lowest BCUT2D eigenvalue weighted by molar-refractivity contribution is -0.230. The first-order chi connectivity index (χ1) is 14.7. The Morgan fingerprint density at radius 3 is 1.55 bits per heavy atom. The maximum Gasteiger partial charge on any atom is 0.200 e. The molecule has 1 aromatic rings. The molecule has 0 saturated carbocycles. The van der Waals surface area contributed by atoms with Crippen molar-refractivity contribution in [2.45, 2.75) is 96.7 Å². The van der Waals surface area contributed by atoms with Crippen LogP contribution in [0.5, 0.6) is 0 Å². The molecule has 0 radical (unpaired) electrons. The second-order valence-electron chi connectivity index (χ2n) is 8.33. The fourth-order valence-electron chi connectivity index (χ4n) is 4.00. The van der Waals surface area contributed by atoms with Crippen LogP contribution in [0.3, 0.4) is 0 Å². The van der Waals surface area contributed by atoms with Gasteiger partial charge in [0.05, 0.1) is 0 Å². The molecule has 0 aromatic heterocycles. The second-order valence-corrected chi connectivity index (χ2v) is 8.33. The van der Waals surface area contributed by atoms with E-state index in [1.165, 1.54) is 25.7 Å². The molecule has 0 amide bonds. The van der Waals surface area contributed by atoms with Gasteiger partial charge in [-0.05, 0) is 32.6 Å². The van der Waals surface area contributed by atoms with E-state index in [9.17, 15) is 22.0 Å². The first kappa shape index (κ1) is 27.8. The van der Waals surface area contributed by atoms with E-state index >= 15 is 0 Å². The minimum absolute atomic E-state index is 0.155. The summed E-state index contributed by atoms with van der Waals surface area (Å²) in [5, 5.41) is 0. The van der Waals surface area contributed by atoms with Crippen LogP contribution < -0.4 is 0 Å². The summed E-state index contributed by atoms with van der Waals surface area (Å²) in [5.74, 6) is -9.91. The second kappa shape index (κ2) is 14.0. The first-order valence-corrected chi connectivity index (χ1v) is 11.3. The van der Waals surface area contributed by atoms with Crippen LogP contribution in [0.2, 0.25) is 0 Å². The van der Waals surface area contributed by atoms with Gasteiger partial charge in [0.2, 0.25) is 5.82 Å². The molecular weight excluding hydrogens is 415 g/mol. The third-order valence-electron chi connectivity index (χ3n) is 6.24. The van der Waals surface area contributed by atoms with E-state index in [0.29, 0.717) is 12.8 Å². The summed E-state index contributed by atoms with van der Waals surface area (Å²) >= 11 is 0. The summed E-state index contributed by atoms with van der Waals surface area (Å²) in [6.07, 6.45) is 10.4. The summed E-state index contributed by atoms with van der Waals surface area (Å²) < 4.78 is 78.6. The van der Waals surface area contributed by atoms with Crippen molar-refractivity contribution < 1.29 is 31.4 Å². The molecule has 1 rings (SSSR count). The molecule has 7 heteroatoms. The van der Waals surface area contributed by atoms with E-state index in [4.69, 9.17) is 9.47 Å². The fourth-order valence-corrected chi connectivity index (χ4v) is 4.00. The molecule has 0 aliphatic carbocycles. The van der Waals surface area contributed by atoms with Gasteiger partial charge in [0, 0.05) is 25.7 Å². The monoisotopic (exact) mass is 452 g/mol. The summed E-state index contributed by atoms with van der Waals surface area (Å²) in [7, 11) is 3.22. The Morgan fingerprint density at radius 1 is 0.645 bits per heavy atom. The molecule has 1 unspecified atom stereocenters. The number of halogens is 5. The van der Waals surface area contributed by atoms with Crippen molar-refractivity contribution in [3.05, 3.63) is 34.6 Å². The number of benzene rings is 1. The topological polar surface area (TPSA) is 18.5 Å². The van der Waals surface area contributed by atoms with Crippen molar-refractivity contribution in [3.63, 3.8) is 0 Å². The van der Waals surface area contributed by atoms with Crippen molar-refractivity contribution in [1.29, 1.82) is 0 Å². The van der Waals surface area contributed by atoms with Crippen molar-refractivity contribution in [2.24, 2.45) is 5.92 Å². The lowest BCUT2D eigenvalue weighted by atomic mass is 9.87. The number of rotatable bonds is 16. The number of unbranched alkanes of at least 4 members (excludes halogenated alkanes) is 7. The Morgan fingerprint density at radius 2 is 1.06 bits per heavy atom. The lowest BCUT2D eigenvalue weighted by Gasteiger charge is -2.35. The third-order valence-corrected chi connectivity index (χ3v) is 6.24. The quantitative estimate of drug-likeness (QED) is 0.0835. The SMILES string of the molecule is CCCCCCCCC(CCCCCc1c(F)c(F)c(F)c(F)c1F)C(C)(OC)OC. The van der Waals surface area contributed by atoms with Crippen molar-refractivity contribution >= 4 is 0 Å². The molecule has 0 fully saturated rings. The van der Waals surface area contributed by atoms with Crippen LogP contribution in [0.15, 0.2) is 0 Å². The van der Waals surface area contributed by atoms with Gasteiger partial charge in [-0.1, -0.05) is 58.3 Å². The lowest BCUT2D eigenvalue weighted by Crippen LogP contribution is -2.39. The van der Waals surface area contributed by atoms with Crippen LogP contribution in [0.25, 0.3) is 0 Å². The third kappa shape index (κ3) is 8.01. The minimum Gasteiger partial charge on any atom is -0.353 e. The zero-order chi connectivity index (χ0) is 23.4. The van der Waals surface area contributed by atoms with E-state index in [0.717, 1.165) is 32.1 Å². The van der Waals surface area contributed by atoms with Gasteiger partial charge in [0.1, 0.15) is 0 Å². The molecule has 0 heterocycles. The summed E-state index contributed by atoms with van der Waals surface area (Å²) in [6, 6.07) is 0. The summed E-state index contributed by atoms with van der Waals surface area (Å²) in [4.78, 5) is 0. The average molecular weight is 453 g/mol. The van der Waals surface area contributed by atoms with E-state index in [-0.39, 0.29) is 12.3 Å². The van der Waals surface area contributed by atoms with Crippen molar-refractivity contribution in [1.82, 2.24) is 0 Å². The van der Waals surface area contributed by atoms with Crippen LogP contribution in [0.4, 0.5) is 22.0 Å². The first-order valence-electron chi connectivity index (χ1n) is 11.3. The summed E-state index contributed by atoms with van der Waals surface area (Å²) in [5.41, 5.74) is -0.737. The molecule has 31 heavy (non-hydrogen) atoms. The Balaban J connectivity index is 2.56. The van der Waals surface area contributed by atoms with Gasteiger partial charge < -0.3 is 9.47 Å². The van der Waals surface area contributed by atoms with Gasteiger partial charge in [0.25, 0.3) is 0 Å². The fraction of sp³-hybridized carbons (Fsp3) is 0.750. The molecule has 0 aliphatic rings. The normalized spacial score (nSPS) is 13.1. The zero-order valence-corrected chi connectivity index (χ0v) is 19.3. The van der Waals surface area contributed by atoms with Gasteiger partial charge in [-0.2, -0.15) is 0 Å². The van der Waals surface area contributed by atoms with Gasteiger partial charge in [-0.15, -0.1) is 0 Å². The van der Waals surface area contributed by atoms with Crippen molar-refractivity contribution in [2.75, 3.05) is 14.2 Å². The highest BCUT2D eigenvalue weighted by Crippen LogP contribution is 2.32. The highest BCUT2D eigenvalue weighted by atomic mass is 19.2. The van der Waals surface area contributed by atoms with Crippen LogP contribution in [0.1, 0.15) is 90.0 Å². The molecule has 0 saturated heterocycles. The van der Waals surface area contributed by atoms with Crippen LogP contribution >= 0.6 is 0 Å². The van der Waals surface area contributed by atoms with Crippen LogP contribution in [0, 0.1) is 35.0 Å². The van der Waals surface area contributed by atoms with Gasteiger partial charge in [-0.3, -0.25) is 0 Å². The van der Waals surface area contributed by atoms with E-state index in [1.54, 1.807) is 14.2 Å². The van der Waals surface area contributed by atoms with Gasteiger partial charge in [-0.25, -0.2) is 22.0 Å². The molecule has 2 nitrogen and oxygen atoms in total. The molecule has 0 spiro atoms. The predicted octanol–water partition coefficient (Wildman–Crippen LogP) is 7.86. The van der Waals surface area contributed by atoms with E-state index in [2.05, 4.69) is 6.92 Å². The standard InChI is InChI=1S/C24H37F5O2/c1-5-6-7-8-9-11-14-17(24(2,30-3)31-4)15-12-10-13-16-18-19(25)21(27)23(29)22(28)20(18)26/h17H,5-16H2,1-4H3. The highest BCUT2D eigenvalue weighted by Gasteiger charge is 2.33. The Labute approximate surface area is 183 Å². The highest BCUT2D eigenvalue weighted by molar-refractivity contribution is 5.24. The van der Waals surface area contributed by atoms with Crippen molar-refractivity contribution in [3.8, 4) is 0 Å². The van der Waals surface area contributed by atoms with E-state index in [1.807, 2.05) is 6.92 Å². The smallest absolute Gasteiger partial charge is 0.200 e. The number of ether oxygens (including phenoxy) is 2. The molecule has 180 valence electrons. The van der Waals surface area contributed by atoms with Crippen LogP contribution in [-0.2, 0) is 15.9 Å². The number of hydrogen-bond donors (Lipinski definition) is 0. The largest absolute Gasteiger partial charge is 0.353 e.